The molecule has 0 N–H and O–H groups in total. The number of nitrogens with zero attached hydrogens (tertiary/aromatic N) is 1. The number of carbonyl (C=O) groups excluding carboxylic acids is 1. The summed E-state index contributed by atoms with van der Waals surface area (Å²) in [7, 11) is 0.871. The minimum absolute atomic E-state index is 0.316. The molecule has 0 bridgehead atoms. The molecular formula is C23H30F3NO3S. The molecule has 0 saturated heterocycles. The monoisotopic (exact) mass is 457 g/mol. The van der Waals surface area contributed by atoms with Crippen LogP contribution in [0.3, 0.4) is 0 Å². The molecule has 0 spiro atoms. The molecule has 0 amide bonds. The van der Waals surface area contributed by atoms with E-state index in [4.69, 9.17) is 9.47 Å². The molecule has 4 nitrogen and oxygen atoms in total. The maximum atomic E-state index is 14.1. The van der Waals surface area contributed by atoms with Crippen LogP contribution in [0.15, 0.2) is 41.9 Å². The molecule has 1 aromatic carbocycles. The molecule has 2 aromatic rings. The largest absolute Gasteiger partial charge is 0.452 e. The topological polar surface area (TPSA) is 48.4 Å². The van der Waals surface area contributed by atoms with E-state index in [1.165, 1.54) is 54.9 Å². The van der Waals surface area contributed by atoms with Crippen molar-refractivity contribution in [3.8, 4) is 0 Å². The van der Waals surface area contributed by atoms with Gasteiger partial charge in [-0.2, -0.15) is 13.2 Å². The molecule has 0 aliphatic rings. The Balaban J connectivity index is 2.15. The van der Waals surface area contributed by atoms with Crippen LogP contribution in [0.2, 0.25) is 0 Å². The van der Waals surface area contributed by atoms with Gasteiger partial charge in [-0.15, -0.1) is 11.3 Å². The lowest BCUT2D eigenvalue weighted by atomic mass is 9.92. The lowest BCUT2D eigenvalue weighted by Gasteiger charge is -2.33. The van der Waals surface area contributed by atoms with Gasteiger partial charge in [0, 0.05) is 24.3 Å². The smallest absolute Gasteiger partial charge is 0.432 e. The van der Waals surface area contributed by atoms with E-state index >= 15 is 0 Å². The van der Waals surface area contributed by atoms with Gasteiger partial charge in [0.25, 0.3) is 5.60 Å². The van der Waals surface area contributed by atoms with Crippen molar-refractivity contribution < 1.29 is 27.4 Å². The average molecular weight is 458 g/mol. The first-order valence-corrected chi connectivity index (χ1v) is 11.5. The lowest BCUT2D eigenvalue weighted by molar-refractivity contribution is -0.278. The van der Waals surface area contributed by atoms with Crippen molar-refractivity contribution in [3.63, 3.8) is 0 Å². The first-order valence-electron chi connectivity index (χ1n) is 10.6. The number of hydrogen-bond acceptors (Lipinski definition) is 5. The SMILES string of the molecule is CCCCCCCCC[C@H](OC(=O)[C@@](OC)(c1ccccc1)C(F)(F)F)c1nccs1. The van der Waals surface area contributed by atoms with Crippen LogP contribution in [0.1, 0.15) is 75.0 Å². The van der Waals surface area contributed by atoms with Crippen LogP contribution >= 0.6 is 11.3 Å². The fourth-order valence-corrected chi connectivity index (χ4v) is 4.21. The standard InChI is InChI=1S/C23H30F3NO3S/c1-3-4-5-6-7-8-12-15-19(20-27-16-17-31-20)30-21(28)22(29-2,23(24,25)26)18-13-10-9-11-14-18/h9-11,13-14,16-17,19H,3-8,12,15H2,1-2H3/t19-,22-/m0/s1. The van der Waals surface area contributed by atoms with Crippen molar-refractivity contribution in [2.75, 3.05) is 7.11 Å². The maximum absolute atomic E-state index is 14.1. The molecule has 0 unspecified atom stereocenters. The highest BCUT2D eigenvalue weighted by Gasteiger charge is 2.64. The number of benzene rings is 1. The Labute approximate surface area is 185 Å². The first kappa shape index (κ1) is 25.3. The minimum atomic E-state index is -4.99. The summed E-state index contributed by atoms with van der Waals surface area (Å²) >= 11 is 1.26. The average Bonchev–Trinajstić information content (AvgIpc) is 3.27. The quantitative estimate of drug-likeness (QED) is 0.241. The van der Waals surface area contributed by atoms with Gasteiger partial charge in [-0.3, -0.25) is 0 Å². The van der Waals surface area contributed by atoms with Gasteiger partial charge in [-0.25, -0.2) is 9.78 Å². The third-order valence-electron chi connectivity index (χ3n) is 5.22. The van der Waals surface area contributed by atoms with Crippen molar-refractivity contribution in [1.82, 2.24) is 4.98 Å². The molecule has 0 fully saturated rings. The second-order valence-electron chi connectivity index (χ2n) is 7.42. The Bertz CT molecular complexity index is 768. The van der Waals surface area contributed by atoms with Gasteiger partial charge in [0.2, 0.25) is 0 Å². The van der Waals surface area contributed by atoms with Gasteiger partial charge in [0.15, 0.2) is 6.10 Å². The maximum Gasteiger partial charge on any atom is 0.432 e. The molecule has 0 saturated carbocycles. The van der Waals surface area contributed by atoms with E-state index in [0.717, 1.165) is 32.8 Å². The summed E-state index contributed by atoms with van der Waals surface area (Å²) in [6.45, 7) is 2.16. The predicted molar refractivity (Wildman–Crippen MR) is 115 cm³/mol. The number of unbranched alkanes of at least 4 members (excludes halogenated alkanes) is 6. The number of methoxy groups -OCH3 is 1. The number of carbonyl (C=O) groups is 1. The van der Waals surface area contributed by atoms with Gasteiger partial charge in [0.1, 0.15) is 5.01 Å². The van der Waals surface area contributed by atoms with Crippen molar-refractivity contribution in [3.05, 3.63) is 52.5 Å². The van der Waals surface area contributed by atoms with Crippen LogP contribution in [0.4, 0.5) is 13.2 Å². The summed E-state index contributed by atoms with van der Waals surface area (Å²) in [6, 6.07) is 6.86. The summed E-state index contributed by atoms with van der Waals surface area (Å²) in [6.07, 6.45) is 3.53. The van der Waals surface area contributed by atoms with Crippen molar-refractivity contribution in [2.45, 2.75) is 76.2 Å². The molecule has 8 heteroatoms. The molecule has 31 heavy (non-hydrogen) atoms. The first-order chi connectivity index (χ1) is 14.9. The number of esters is 1. The van der Waals surface area contributed by atoms with Crippen LogP contribution in [0.25, 0.3) is 0 Å². The zero-order valence-electron chi connectivity index (χ0n) is 18.0. The molecule has 0 aliphatic carbocycles. The summed E-state index contributed by atoms with van der Waals surface area (Å²) in [4.78, 5) is 17.1. The molecule has 2 atom stereocenters. The van der Waals surface area contributed by atoms with E-state index < -0.39 is 23.9 Å². The second-order valence-corrected chi connectivity index (χ2v) is 8.35. The Morgan fingerprint density at radius 1 is 1.06 bits per heavy atom. The van der Waals surface area contributed by atoms with Crippen molar-refractivity contribution in [2.24, 2.45) is 0 Å². The Kier molecular flexibility index (Phi) is 9.96. The molecule has 1 heterocycles. The third kappa shape index (κ3) is 6.53. The predicted octanol–water partition coefficient (Wildman–Crippen LogP) is 6.97. The normalized spacial score (nSPS) is 14.7. The molecule has 1 aromatic heterocycles. The van der Waals surface area contributed by atoms with Crippen molar-refractivity contribution >= 4 is 17.3 Å². The van der Waals surface area contributed by atoms with Crippen LogP contribution in [0, 0.1) is 0 Å². The minimum Gasteiger partial charge on any atom is -0.452 e. The van der Waals surface area contributed by atoms with Gasteiger partial charge in [-0.1, -0.05) is 75.8 Å². The van der Waals surface area contributed by atoms with Crippen molar-refractivity contribution in [1.29, 1.82) is 0 Å². The molecule has 0 aliphatic heterocycles. The summed E-state index contributed by atoms with van der Waals surface area (Å²) < 4.78 is 52.6. The molecular weight excluding hydrogens is 427 g/mol. The Morgan fingerprint density at radius 2 is 1.71 bits per heavy atom. The number of thiazole rings is 1. The van der Waals surface area contributed by atoms with Crippen LogP contribution in [-0.2, 0) is 19.9 Å². The Hall–Kier alpha value is -1.93. The third-order valence-corrected chi connectivity index (χ3v) is 6.09. The van der Waals surface area contributed by atoms with Crippen LogP contribution in [0.5, 0.6) is 0 Å². The lowest BCUT2D eigenvalue weighted by Crippen LogP contribution is -2.52. The number of ether oxygens (including phenoxy) is 2. The number of hydrogen-bond donors (Lipinski definition) is 0. The van der Waals surface area contributed by atoms with Gasteiger partial charge in [0.05, 0.1) is 0 Å². The van der Waals surface area contributed by atoms with E-state index in [1.807, 2.05) is 0 Å². The molecule has 172 valence electrons. The van der Waals surface area contributed by atoms with E-state index in [1.54, 1.807) is 17.6 Å². The van der Waals surface area contributed by atoms with Gasteiger partial charge in [-0.05, 0) is 12.8 Å². The number of rotatable bonds is 13. The van der Waals surface area contributed by atoms with E-state index in [0.29, 0.717) is 11.4 Å². The summed E-state index contributed by atoms with van der Waals surface area (Å²) in [5.74, 6) is -1.48. The second kappa shape index (κ2) is 12.2. The summed E-state index contributed by atoms with van der Waals surface area (Å²) in [5, 5.41) is 2.20. The highest BCUT2D eigenvalue weighted by Crippen LogP contribution is 2.44. The van der Waals surface area contributed by atoms with Gasteiger partial charge >= 0.3 is 12.1 Å². The van der Waals surface area contributed by atoms with E-state index in [9.17, 15) is 18.0 Å². The summed E-state index contributed by atoms with van der Waals surface area (Å²) in [5.41, 5.74) is -3.51. The number of aromatic nitrogens is 1. The fraction of sp³-hybridized carbons (Fsp3) is 0.565. The number of halogens is 3. The molecule has 2 rings (SSSR count). The zero-order valence-corrected chi connectivity index (χ0v) is 18.8. The highest BCUT2D eigenvalue weighted by atomic mass is 32.1. The van der Waals surface area contributed by atoms with Gasteiger partial charge < -0.3 is 9.47 Å². The van der Waals surface area contributed by atoms with E-state index in [-0.39, 0.29) is 5.56 Å². The molecule has 0 radical (unpaired) electrons. The van der Waals surface area contributed by atoms with Crippen LogP contribution in [-0.4, -0.2) is 24.2 Å². The van der Waals surface area contributed by atoms with Crippen LogP contribution < -0.4 is 0 Å². The van der Waals surface area contributed by atoms with E-state index in [2.05, 4.69) is 11.9 Å². The highest BCUT2D eigenvalue weighted by molar-refractivity contribution is 7.09. The zero-order chi connectivity index (χ0) is 22.7. The number of alkyl halides is 3. The Morgan fingerprint density at radius 3 is 2.26 bits per heavy atom. The fourth-order valence-electron chi connectivity index (χ4n) is 3.51.